The van der Waals surface area contributed by atoms with Crippen molar-refractivity contribution in [1.29, 1.82) is 0 Å². The van der Waals surface area contributed by atoms with Crippen molar-refractivity contribution in [2.24, 2.45) is 5.92 Å². The fraction of sp³-hybridized carbons (Fsp3) is 0.714. The van der Waals surface area contributed by atoms with Gasteiger partial charge in [-0.3, -0.25) is 0 Å². The Balaban J connectivity index is 1.28. The maximum Gasteiger partial charge on any atom is 0.423 e. The highest BCUT2D eigenvalue weighted by atomic mass is 19.4. The number of nitrogens with zero attached hydrogens (tertiary/aromatic N) is 5. The zero-order valence-electron chi connectivity index (χ0n) is 18.6. The van der Waals surface area contributed by atoms with Crippen molar-refractivity contribution in [3.63, 3.8) is 0 Å². The second kappa shape index (κ2) is 9.10. The Morgan fingerprint density at radius 2 is 1.86 bits per heavy atom. The molecule has 1 aliphatic carbocycles. The van der Waals surface area contributed by atoms with Crippen molar-refractivity contribution in [3.8, 4) is 5.88 Å². The molecule has 2 aromatic heterocycles. The summed E-state index contributed by atoms with van der Waals surface area (Å²) in [6.45, 7) is 0.603. The smallest absolute Gasteiger partial charge is 0.423 e. The Kier molecular flexibility index (Phi) is 6.26. The number of alkyl halides is 6. The van der Waals surface area contributed by atoms with Crippen LogP contribution in [-0.2, 0) is 23.9 Å². The molecule has 4 heterocycles. The molecule has 8 nitrogen and oxygen atoms in total. The number of anilines is 1. The standard InChI is InChI=1S/C21H24F6N6O2/c22-20(23,24)12-4-5-33-16(7-12)31-32-17(33)11-2-1-3-13(6-11)29-19-28-8-15(21(25,26)27)18(30-19)35-14-9-34-10-14/h8,11-14H,1-7,9-10H2,(H,28,29,30)/t11-,12?,13+/m0/s1. The van der Waals surface area contributed by atoms with Gasteiger partial charge in [0.1, 0.15) is 23.3 Å². The van der Waals surface area contributed by atoms with Crippen LogP contribution in [0.5, 0.6) is 5.88 Å². The number of nitrogens with one attached hydrogen (secondary N) is 1. The quantitative estimate of drug-likeness (QED) is 0.611. The molecule has 3 aliphatic rings. The van der Waals surface area contributed by atoms with E-state index in [-0.39, 0.29) is 50.5 Å². The topological polar surface area (TPSA) is 87.0 Å². The van der Waals surface area contributed by atoms with Crippen LogP contribution in [0.4, 0.5) is 32.3 Å². The number of hydrogen-bond donors (Lipinski definition) is 1. The summed E-state index contributed by atoms with van der Waals surface area (Å²) in [6, 6.07) is -0.148. The molecule has 192 valence electrons. The molecule has 0 spiro atoms. The number of fused-ring (bicyclic) bond motifs is 1. The zero-order valence-corrected chi connectivity index (χ0v) is 18.6. The van der Waals surface area contributed by atoms with Gasteiger partial charge in [0.25, 0.3) is 0 Å². The molecule has 0 aromatic carbocycles. The molecule has 0 bridgehead atoms. The van der Waals surface area contributed by atoms with E-state index in [2.05, 4.69) is 25.5 Å². The number of ether oxygens (including phenoxy) is 2. The maximum absolute atomic E-state index is 13.4. The van der Waals surface area contributed by atoms with Crippen LogP contribution in [0.2, 0.25) is 0 Å². The van der Waals surface area contributed by atoms with Gasteiger partial charge in [-0.25, -0.2) is 4.98 Å². The third kappa shape index (κ3) is 5.16. The second-order valence-corrected chi connectivity index (χ2v) is 9.25. The van der Waals surface area contributed by atoms with E-state index >= 15 is 0 Å². The van der Waals surface area contributed by atoms with Gasteiger partial charge in [-0.05, 0) is 25.7 Å². The zero-order chi connectivity index (χ0) is 24.8. The number of aromatic nitrogens is 5. The van der Waals surface area contributed by atoms with Crippen LogP contribution in [0, 0.1) is 5.92 Å². The fourth-order valence-electron chi connectivity index (χ4n) is 4.83. The van der Waals surface area contributed by atoms with Gasteiger partial charge in [-0.2, -0.15) is 31.3 Å². The van der Waals surface area contributed by atoms with Crippen molar-refractivity contribution in [3.05, 3.63) is 23.4 Å². The lowest BCUT2D eigenvalue weighted by Crippen LogP contribution is -2.39. The normalized spacial score (nSPS) is 25.6. The fourth-order valence-corrected chi connectivity index (χ4v) is 4.83. The summed E-state index contributed by atoms with van der Waals surface area (Å²) < 4.78 is 91.5. The van der Waals surface area contributed by atoms with Gasteiger partial charge in [0, 0.05) is 31.1 Å². The highest BCUT2D eigenvalue weighted by Gasteiger charge is 2.43. The molecule has 14 heteroatoms. The van der Waals surface area contributed by atoms with Crippen LogP contribution in [0.3, 0.4) is 0 Å². The monoisotopic (exact) mass is 506 g/mol. The SMILES string of the molecule is FC(F)(F)c1cnc(N[C@@H]2CCC[C@H](c3nnc4n3CCC(C(F)(F)F)C4)C2)nc1OC1COC1. The van der Waals surface area contributed by atoms with Gasteiger partial charge in [-0.1, -0.05) is 6.42 Å². The average Bonchev–Trinajstić information content (AvgIpc) is 3.19. The van der Waals surface area contributed by atoms with Crippen molar-refractivity contribution < 1.29 is 35.8 Å². The molecular formula is C21H24F6N6O2. The first-order valence-electron chi connectivity index (χ1n) is 11.5. The predicted octanol–water partition coefficient (Wildman–Crippen LogP) is 4.13. The molecular weight excluding hydrogens is 482 g/mol. The minimum Gasteiger partial charge on any atom is -0.469 e. The minimum atomic E-state index is -4.66. The van der Waals surface area contributed by atoms with Crippen molar-refractivity contribution in [2.45, 2.75) is 75.5 Å². The summed E-state index contributed by atoms with van der Waals surface area (Å²) in [6.07, 6.45) is -5.97. The molecule has 1 saturated carbocycles. The Labute approximate surface area is 196 Å². The Morgan fingerprint density at radius 3 is 2.54 bits per heavy atom. The molecule has 2 aliphatic heterocycles. The first-order chi connectivity index (χ1) is 16.6. The van der Waals surface area contributed by atoms with Crippen LogP contribution >= 0.6 is 0 Å². The van der Waals surface area contributed by atoms with Crippen molar-refractivity contribution >= 4 is 5.95 Å². The van der Waals surface area contributed by atoms with Gasteiger partial charge < -0.3 is 19.4 Å². The Morgan fingerprint density at radius 1 is 1.06 bits per heavy atom. The first kappa shape index (κ1) is 24.1. The van der Waals surface area contributed by atoms with Crippen LogP contribution in [-0.4, -0.2) is 56.3 Å². The molecule has 3 atom stereocenters. The maximum atomic E-state index is 13.4. The van der Waals surface area contributed by atoms with Crippen LogP contribution < -0.4 is 10.1 Å². The lowest BCUT2D eigenvalue weighted by molar-refractivity contribution is -0.179. The van der Waals surface area contributed by atoms with Gasteiger partial charge >= 0.3 is 12.4 Å². The van der Waals surface area contributed by atoms with Crippen LogP contribution in [0.15, 0.2) is 6.20 Å². The highest BCUT2D eigenvalue weighted by Crippen LogP contribution is 2.39. The largest absolute Gasteiger partial charge is 0.469 e. The van der Waals surface area contributed by atoms with E-state index in [1.165, 1.54) is 0 Å². The molecule has 1 saturated heterocycles. The summed E-state index contributed by atoms with van der Waals surface area (Å²) in [7, 11) is 0. The van der Waals surface area contributed by atoms with Gasteiger partial charge in [0.15, 0.2) is 0 Å². The lowest BCUT2D eigenvalue weighted by Gasteiger charge is -2.31. The molecule has 2 fully saturated rings. The van der Waals surface area contributed by atoms with E-state index in [1.54, 1.807) is 4.57 Å². The molecule has 5 rings (SSSR count). The van der Waals surface area contributed by atoms with E-state index in [1.807, 2.05) is 0 Å². The van der Waals surface area contributed by atoms with Crippen molar-refractivity contribution in [2.75, 3.05) is 18.5 Å². The van der Waals surface area contributed by atoms with E-state index in [0.29, 0.717) is 24.3 Å². The van der Waals surface area contributed by atoms with Gasteiger partial charge in [0.05, 0.1) is 19.1 Å². The van der Waals surface area contributed by atoms with Crippen molar-refractivity contribution in [1.82, 2.24) is 24.7 Å². The highest BCUT2D eigenvalue weighted by molar-refractivity contribution is 5.36. The lowest BCUT2D eigenvalue weighted by atomic mass is 9.85. The minimum absolute atomic E-state index is 0.00978. The molecule has 2 aromatic rings. The van der Waals surface area contributed by atoms with E-state index < -0.39 is 35.8 Å². The number of halogens is 6. The number of hydrogen-bond acceptors (Lipinski definition) is 7. The predicted molar refractivity (Wildman–Crippen MR) is 109 cm³/mol. The van der Waals surface area contributed by atoms with Crippen LogP contribution in [0.25, 0.3) is 0 Å². The van der Waals surface area contributed by atoms with E-state index in [4.69, 9.17) is 9.47 Å². The summed E-state index contributed by atoms with van der Waals surface area (Å²) in [5.41, 5.74) is -1.05. The molecule has 35 heavy (non-hydrogen) atoms. The Hall–Kier alpha value is -2.64. The summed E-state index contributed by atoms with van der Waals surface area (Å²) in [5.74, 6) is -0.961. The Bertz CT molecular complexity index is 1050. The summed E-state index contributed by atoms with van der Waals surface area (Å²) >= 11 is 0. The van der Waals surface area contributed by atoms with Gasteiger partial charge in [-0.15, -0.1) is 10.2 Å². The molecule has 1 unspecified atom stereocenters. The summed E-state index contributed by atoms with van der Waals surface area (Å²) in [4.78, 5) is 7.83. The third-order valence-corrected chi connectivity index (χ3v) is 6.77. The summed E-state index contributed by atoms with van der Waals surface area (Å²) in [5, 5.41) is 11.3. The number of rotatable bonds is 5. The third-order valence-electron chi connectivity index (χ3n) is 6.77. The molecule has 0 radical (unpaired) electrons. The molecule has 0 amide bonds. The average molecular weight is 506 g/mol. The second-order valence-electron chi connectivity index (χ2n) is 9.25. The molecule has 1 N–H and O–H groups in total. The first-order valence-corrected chi connectivity index (χ1v) is 11.5. The van der Waals surface area contributed by atoms with Gasteiger partial charge in [0.2, 0.25) is 11.8 Å². The van der Waals surface area contributed by atoms with Crippen LogP contribution in [0.1, 0.15) is 55.2 Å². The van der Waals surface area contributed by atoms with E-state index in [0.717, 1.165) is 19.3 Å². The van der Waals surface area contributed by atoms with E-state index in [9.17, 15) is 26.3 Å².